The van der Waals surface area contributed by atoms with E-state index in [9.17, 15) is 9.18 Å². The molecule has 0 bridgehead atoms. The first kappa shape index (κ1) is 11.0. The van der Waals surface area contributed by atoms with Crippen molar-refractivity contribution < 1.29 is 14.3 Å². The molecule has 2 aromatic carbocycles. The second-order valence-corrected chi connectivity index (χ2v) is 4.66. The molecule has 0 radical (unpaired) electrons. The highest BCUT2D eigenvalue weighted by Crippen LogP contribution is 2.40. The molecule has 0 saturated carbocycles. The minimum Gasteiger partial charge on any atom is -0.465 e. The van der Waals surface area contributed by atoms with Gasteiger partial charge in [-0.3, -0.25) is 4.90 Å². The molecule has 18 heavy (non-hydrogen) atoms. The molecule has 1 unspecified atom stereocenters. The quantitative estimate of drug-likeness (QED) is 0.770. The van der Waals surface area contributed by atoms with Crippen LogP contribution in [0.3, 0.4) is 0 Å². The predicted octanol–water partition coefficient (Wildman–Crippen LogP) is 3.58. The second kappa shape index (κ2) is 3.70. The van der Waals surface area contributed by atoms with Crippen LogP contribution in [0, 0.1) is 5.82 Å². The Balaban J connectivity index is 2.29. The van der Waals surface area contributed by atoms with E-state index in [2.05, 4.69) is 0 Å². The number of hydrogen-bond acceptors (Lipinski definition) is 1. The molecule has 0 fully saturated rings. The summed E-state index contributed by atoms with van der Waals surface area (Å²) >= 11 is 0. The molecular weight excluding hydrogens is 233 g/mol. The number of rotatable bonds is 0. The van der Waals surface area contributed by atoms with Crippen molar-refractivity contribution in [3.8, 4) is 0 Å². The first-order valence-corrected chi connectivity index (χ1v) is 5.80. The van der Waals surface area contributed by atoms with Gasteiger partial charge in [-0.25, -0.2) is 9.18 Å². The minimum absolute atomic E-state index is 0.130. The van der Waals surface area contributed by atoms with E-state index in [1.54, 1.807) is 18.2 Å². The van der Waals surface area contributed by atoms with Crippen molar-refractivity contribution in [1.82, 2.24) is 0 Å². The van der Waals surface area contributed by atoms with E-state index in [4.69, 9.17) is 5.11 Å². The zero-order valence-corrected chi connectivity index (χ0v) is 9.85. The number of anilines is 1. The molecule has 2 aromatic rings. The van der Waals surface area contributed by atoms with Crippen LogP contribution in [-0.4, -0.2) is 17.7 Å². The third-order valence-corrected chi connectivity index (χ3v) is 3.47. The zero-order chi connectivity index (χ0) is 12.9. The fraction of sp³-hybridized carbons (Fsp3) is 0.214. The lowest BCUT2D eigenvalue weighted by atomic mass is 9.96. The summed E-state index contributed by atoms with van der Waals surface area (Å²) < 4.78 is 13.2. The maximum Gasteiger partial charge on any atom is 0.411 e. The molecule has 1 amide bonds. The van der Waals surface area contributed by atoms with Crippen molar-refractivity contribution in [3.63, 3.8) is 0 Å². The summed E-state index contributed by atoms with van der Waals surface area (Å²) in [5.41, 5.74) is 1.71. The van der Waals surface area contributed by atoms with Gasteiger partial charge in [-0.15, -0.1) is 0 Å². The average molecular weight is 245 g/mol. The molecule has 1 atom stereocenters. The van der Waals surface area contributed by atoms with Crippen molar-refractivity contribution in [3.05, 3.63) is 41.7 Å². The van der Waals surface area contributed by atoms with E-state index in [1.807, 2.05) is 6.92 Å². The molecule has 0 aromatic heterocycles. The topological polar surface area (TPSA) is 40.5 Å². The summed E-state index contributed by atoms with van der Waals surface area (Å²) in [6.45, 7) is 2.45. The number of fused-ring (bicyclic) bond motifs is 3. The van der Waals surface area contributed by atoms with Crippen LogP contribution in [0.25, 0.3) is 10.8 Å². The smallest absolute Gasteiger partial charge is 0.411 e. The summed E-state index contributed by atoms with van der Waals surface area (Å²) in [5.74, 6) is -0.145. The van der Waals surface area contributed by atoms with Crippen LogP contribution >= 0.6 is 0 Å². The van der Waals surface area contributed by atoms with Crippen LogP contribution in [0.4, 0.5) is 14.9 Å². The lowest BCUT2D eigenvalue weighted by Crippen LogP contribution is -2.27. The summed E-state index contributed by atoms with van der Waals surface area (Å²) in [4.78, 5) is 12.5. The third-order valence-electron chi connectivity index (χ3n) is 3.47. The highest BCUT2D eigenvalue weighted by molar-refractivity contribution is 5.98. The Morgan fingerprint density at radius 3 is 2.89 bits per heavy atom. The van der Waals surface area contributed by atoms with Crippen LogP contribution in [0.5, 0.6) is 0 Å². The number of carbonyl (C=O) groups is 1. The molecule has 1 aliphatic heterocycles. The van der Waals surface area contributed by atoms with Crippen molar-refractivity contribution in [2.45, 2.75) is 12.8 Å². The number of carboxylic acid groups (broad SMARTS) is 1. The van der Waals surface area contributed by atoms with Crippen LogP contribution in [0.2, 0.25) is 0 Å². The van der Waals surface area contributed by atoms with Crippen molar-refractivity contribution in [1.29, 1.82) is 0 Å². The largest absolute Gasteiger partial charge is 0.465 e. The monoisotopic (exact) mass is 245 g/mol. The molecule has 1 N–H and O–H groups in total. The van der Waals surface area contributed by atoms with E-state index >= 15 is 0 Å². The molecular formula is C14H12FNO2. The molecule has 3 nitrogen and oxygen atoms in total. The number of nitrogens with zero attached hydrogens (tertiary/aromatic N) is 1. The van der Waals surface area contributed by atoms with Gasteiger partial charge in [0.25, 0.3) is 0 Å². The Morgan fingerprint density at radius 2 is 2.17 bits per heavy atom. The van der Waals surface area contributed by atoms with Crippen molar-refractivity contribution >= 4 is 22.6 Å². The highest BCUT2D eigenvalue weighted by Gasteiger charge is 2.30. The molecule has 0 saturated heterocycles. The fourth-order valence-corrected chi connectivity index (χ4v) is 2.71. The lowest BCUT2D eigenvalue weighted by Gasteiger charge is -2.13. The van der Waals surface area contributed by atoms with Gasteiger partial charge < -0.3 is 5.11 Å². The normalized spacial score (nSPS) is 18.1. The standard InChI is InChI=1S/C14H12FNO2/c1-8-7-16(14(17)18)12-5-2-9-6-10(15)3-4-11(9)13(8)12/h2-6,8H,7H2,1H3,(H,17,18). The van der Waals surface area contributed by atoms with E-state index < -0.39 is 6.09 Å². The minimum atomic E-state index is -0.943. The van der Waals surface area contributed by atoms with Gasteiger partial charge in [0.15, 0.2) is 0 Å². The van der Waals surface area contributed by atoms with E-state index in [0.717, 1.165) is 16.3 Å². The number of amides is 1. The van der Waals surface area contributed by atoms with E-state index in [0.29, 0.717) is 12.2 Å². The number of halogens is 1. The summed E-state index contributed by atoms with van der Waals surface area (Å²) in [5, 5.41) is 10.9. The van der Waals surface area contributed by atoms with Crippen LogP contribution < -0.4 is 4.90 Å². The van der Waals surface area contributed by atoms with Gasteiger partial charge in [0.1, 0.15) is 5.82 Å². The predicted molar refractivity (Wildman–Crippen MR) is 67.7 cm³/mol. The lowest BCUT2D eigenvalue weighted by molar-refractivity contribution is 0.202. The van der Waals surface area contributed by atoms with Gasteiger partial charge in [-0.05, 0) is 34.5 Å². The van der Waals surface area contributed by atoms with E-state index in [-0.39, 0.29) is 11.7 Å². The van der Waals surface area contributed by atoms with Gasteiger partial charge in [0, 0.05) is 12.5 Å². The van der Waals surface area contributed by atoms with Gasteiger partial charge in [0.2, 0.25) is 0 Å². The Labute approximate surface area is 103 Å². The molecule has 4 heteroatoms. The van der Waals surface area contributed by atoms with E-state index in [1.165, 1.54) is 17.0 Å². The highest BCUT2D eigenvalue weighted by atomic mass is 19.1. The fourth-order valence-electron chi connectivity index (χ4n) is 2.71. The Hall–Kier alpha value is -2.10. The maximum atomic E-state index is 13.2. The Kier molecular flexibility index (Phi) is 2.26. The summed E-state index contributed by atoms with van der Waals surface area (Å²) in [7, 11) is 0. The average Bonchev–Trinajstić information content (AvgIpc) is 2.67. The Bertz CT molecular complexity index is 654. The first-order valence-electron chi connectivity index (χ1n) is 5.80. The van der Waals surface area contributed by atoms with Crippen LogP contribution in [0.1, 0.15) is 18.4 Å². The molecule has 92 valence electrons. The maximum absolute atomic E-state index is 13.2. The Morgan fingerprint density at radius 1 is 1.39 bits per heavy atom. The summed E-state index contributed by atoms with van der Waals surface area (Å²) in [6, 6.07) is 8.15. The summed E-state index contributed by atoms with van der Waals surface area (Å²) in [6.07, 6.45) is -0.943. The van der Waals surface area contributed by atoms with Crippen molar-refractivity contribution in [2.75, 3.05) is 11.4 Å². The zero-order valence-electron chi connectivity index (χ0n) is 9.85. The molecule has 0 spiro atoms. The van der Waals surface area contributed by atoms with Gasteiger partial charge >= 0.3 is 6.09 Å². The molecule has 0 aliphatic carbocycles. The SMILES string of the molecule is CC1CN(C(=O)O)c2ccc3cc(F)ccc3c21. The van der Waals surface area contributed by atoms with Crippen LogP contribution in [0.15, 0.2) is 30.3 Å². The van der Waals surface area contributed by atoms with Crippen LogP contribution in [-0.2, 0) is 0 Å². The number of hydrogen-bond donors (Lipinski definition) is 1. The van der Waals surface area contributed by atoms with Gasteiger partial charge in [-0.1, -0.05) is 19.1 Å². The molecule has 1 heterocycles. The van der Waals surface area contributed by atoms with Gasteiger partial charge in [-0.2, -0.15) is 0 Å². The second-order valence-electron chi connectivity index (χ2n) is 4.66. The molecule has 3 rings (SSSR count). The van der Waals surface area contributed by atoms with Crippen molar-refractivity contribution in [2.24, 2.45) is 0 Å². The third kappa shape index (κ3) is 1.45. The first-order chi connectivity index (χ1) is 8.58. The van der Waals surface area contributed by atoms with Gasteiger partial charge in [0.05, 0.1) is 5.69 Å². The molecule has 1 aliphatic rings. The number of benzene rings is 2.